The van der Waals surface area contributed by atoms with Crippen molar-refractivity contribution in [2.24, 2.45) is 0 Å². The lowest BCUT2D eigenvalue weighted by Gasteiger charge is -2.13. The van der Waals surface area contributed by atoms with E-state index < -0.39 is 5.97 Å². The summed E-state index contributed by atoms with van der Waals surface area (Å²) in [5, 5.41) is 2.65. The van der Waals surface area contributed by atoms with Crippen LogP contribution in [0.25, 0.3) is 0 Å². The number of hydrogen-bond donors (Lipinski definition) is 1. The Morgan fingerprint density at radius 2 is 1.87 bits per heavy atom. The number of hydrogen-bond acceptors (Lipinski definition) is 5. The van der Waals surface area contributed by atoms with Gasteiger partial charge in [-0.1, -0.05) is 6.92 Å². The zero-order valence-corrected chi connectivity index (χ0v) is 14.2. The highest BCUT2D eigenvalue weighted by molar-refractivity contribution is 5.92. The van der Waals surface area contributed by atoms with Crippen molar-refractivity contribution < 1.29 is 23.8 Å². The first-order valence-electron chi connectivity index (χ1n) is 7.84. The van der Waals surface area contributed by atoms with Gasteiger partial charge in [0.15, 0.2) is 18.1 Å². The van der Waals surface area contributed by atoms with Gasteiger partial charge < -0.3 is 19.5 Å². The van der Waals surface area contributed by atoms with Crippen molar-refractivity contribution in [2.75, 3.05) is 19.8 Å². The van der Waals surface area contributed by atoms with Gasteiger partial charge in [0.05, 0.1) is 18.8 Å². The first-order valence-corrected chi connectivity index (χ1v) is 7.84. The van der Waals surface area contributed by atoms with E-state index in [9.17, 15) is 9.59 Å². The van der Waals surface area contributed by atoms with Gasteiger partial charge in [-0.25, -0.2) is 4.79 Å². The van der Waals surface area contributed by atoms with Crippen LogP contribution in [0.5, 0.6) is 11.5 Å². The molecule has 0 bridgehead atoms. The normalized spacial score (nSPS) is 10.3. The van der Waals surface area contributed by atoms with E-state index >= 15 is 0 Å². The first kappa shape index (κ1) is 18.8. The van der Waals surface area contributed by atoms with E-state index in [1.807, 2.05) is 27.7 Å². The van der Waals surface area contributed by atoms with Crippen LogP contribution in [0.1, 0.15) is 44.5 Å². The second-order valence-corrected chi connectivity index (χ2v) is 5.24. The van der Waals surface area contributed by atoms with Gasteiger partial charge in [0.1, 0.15) is 0 Å². The van der Waals surface area contributed by atoms with Crippen LogP contribution in [-0.4, -0.2) is 37.7 Å². The molecule has 0 aliphatic carbocycles. The molecule has 1 amide bonds. The molecule has 0 fully saturated rings. The molecule has 6 nitrogen and oxygen atoms in total. The van der Waals surface area contributed by atoms with E-state index in [0.29, 0.717) is 30.3 Å². The minimum Gasteiger partial charge on any atom is -0.490 e. The Morgan fingerprint density at radius 1 is 1.13 bits per heavy atom. The van der Waals surface area contributed by atoms with Gasteiger partial charge in [-0.05, 0) is 45.4 Å². The maximum Gasteiger partial charge on any atom is 0.338 e. The third kappa shape index (κ3) is 6.59. The highest BCUT2D eigenvalue weighted by Crippen LogP contribution is 2.29. The van der Waals surface area contributed by atoms with Crippen molar-refractivity contribution in [1.29, 1.82) is 0 Å². The molecule has 128 valence electrons. The minimum absolute atomic E-state index is 0.000701. The molecule has 1 N–H and O–H groups in total. The number of nitrogens with one attached hydrogen (secondary N) is 1. The molecule has 1 rings (SSSR count). The Kier molecular flexibility index (Phi) is 7.94. The zero-order valence-electron chi connectivity index (χ0n) is 14.2. The predicted molar refractivity (Wildman–Crippen MR) is 87.0 cm³/mol. The zero-order chi connectivity index (χ0) is 17.2. The molecule has 1 aromatic rings. The summed E-state index contributed by atoms with van der Waals surface area (Å²) in [6.45, 7) is 8.25. The molecule has 1 aromatic carbocycles. The molecule has 23 heavy (non-hydrogen) atoms. The van der Waals surface area contributed by atoms with E-state index in [2.05, 4.69) is 5.32 Å². The Balaban J connectivity index is 2.73. The molecule has 0 aliphatic rings. The van der Waals surface area contributed by atoms with Crippen LogP contribution in [0.3, 0.4) is 0 Å². The van der Waals surface area contributed by atoms with Gasteiger partial charge in [0.25, 0.3) is 5.91 Å². The monoisotopic (exact) mass is 323 g/mol. The standard InChI is InChI=1S/C17H25NO5/c1-5-9-22-14-8-7-13(10-15(14)21-6-2)17(20)23-11-16(19)18-12(3)4/h7-8,10,12H,5-6,9,11H2,1-4H3,(H,18,19). The third-order valence-corrected chi connectivity index (χ3v) is 2.72. The van der Waals surface area contributed by atoms with Crippen molar-refractivity contribution in [2.45, 2.75) is 40.2 Å². The average molecular weight is 323 g/mol. The van der Waals surface area contributed by atoms with E-state index in [-0.39, 0.29) is 18.6 Å². The topological polar surface area (TPSA) is 73.9 Å². The van der Waals surface area contributed by atoms with Crippen LogP contribution in [0.2, 0.25) is 0 Å². The molecule has 0 atom stereocenters. The molecule has 0 aliphatic heterocycles. The summed E-state index contributed by atoms with van der Waals surface area (Å²) in [6, 6.07) is 4.83. The van der Waals surface area contributed by atoms with Crippen LogP contribution in [0.15, 0.2) is 18.2 Å². The summed E-state index contributed by atoms with van der Waals surface area (Å²) < 4.78 is 16.1. The molecule has 0 saturated heterocycles. The lowest BCUT2D eigenvalue weighted by Crippen LogP contribution is -2.33. The van der Waals surface area contributed by atoms with Crippen LogP contribution >= 0.6 is 0 Å². The average Bonchev–Trinajstić information content (AvgIpc) is 2.51. The largest absolute Gasteiger partial charge is 0.490 e. The smallest absolute Gasteiger partial charge is 0.338 e. The number of esters is 1. The molecule has 0 saturated carbocycles. The summed E-state index contributed by atoms with van der Waals surface area (Å²) in [6.07, 6.45) is 0.875. The van der Waals surface area contributed by atoms with Crippen molar-refractivity contribution in [3.63, 3.8) is 0 Å². The van der Waals surface area contributed by atoms with Gasteiger partial charge in [0.2, 0.25) is 0 Å². The molecule has 0 radical (unpaired) electrons. The van der Waals surface area contributed by atoms with Crippen LogP contribution in [0.4, 0.5) is 0 Å². The molecular formula is C17H25NO5. The molecule has 0 unspecified atom stereocenters. The number of amides is 1. The fourth-order valence-corrected chi connectivity index (χ4v) is 1.81. The fourth-order valence-electron chi connectivity index (χ4n) is 1.81. The quantitative estimate of drug-likeness (QED) is 0.707. The van der Waals surface area contributed by atoms with E-state index in [4.69, 9.17) is 14.2 Å². The Labute approximate surface area is 137 Å². The summed E-state index contributed by atoms with van der Waals surface area (Å²) in [7, 11) is 0. The third-order valence-electron chi connectivity index (χ3n) is 2.72. The SMILES string of the molecule is CCCOc1ccc(C(=O)OCC(=O)NC(C)C)cc1OCC. The second-order valence-electron chi connectivity index (χ2n) is 5.24. The van der Waals surface area contributed by atoms with E-state index in [1.54, 1.807) is 18.2 Å². The molecular weight excluding hydrogens is 298 g/mol. The number of benzene rings is 1. The predicted octanol–water partition coefficient (Wildman–Crippen LogP) is 2.56. The summed E-state index contributed by atoms with van der Waals surface area (Å²) >= 11 is 0. The Hall–Kier alpha value is -2.24. The Morgan fingerprint density at radius 3 is 2.48 bits per heavy atom. The molecule has 6 heteroatoms. The first-order chi connectivity index (χ1) is 11.0. The lowest BCUT2D eigenvalue weighted by molar-refractivity contribution is -0.124. The van der Waals surface area contributed by atoms with E-state index in [0.717, 1.165) is 6.42 Å². The number of rotatable bonds is 9. The lowest BCUT2D eigenvalue weighted by atomic mass is 10.2. The summed E-state index contributed by atoms with van der Waals surface area (Å²) in [5.74, 6) is 0.165. The van der Waals surface area contributed by atoms with Crippen LogP contribution in [-0.2, 0) is 9.53 Å². The summed E-state index contributed by atoms with van der Waals surface area (Å²) in [5.41, 5.74) is 0.314. The highest BCUT2D eigenvalue weighted by atomic mass is 16.5. The molecule has 0 heterocycles. The summed E-state index contributed by atoms with van der Waals surface area (Å²) in [4.78, 5) is 23.5. The maximum atomic E-state index is 12.0. The van der Waals surface area contributed by atoms with E-state index in [1.165, 1.54) is 0 Å². The second kappa shape index (κ2) is 9.71. The van der Waals surface area contributed by atoms with Gasteiger partial charge in [-0.2, -0.15) is 0 Å². The fraction of sp³-hybridized carbons (Fsp3) is 0.529. The van der Waals surface area contributed by atoms with Gasteiger partial charge in [0, 0.05) is 6.04 Å². The van der Waals surface area contributed by atoms with Crippen LogP contribution in [0, 0.1) is 0 Å². The van der Waals surface area contributed by atoms with Crippen molar-refractivity contribution >= 4 is 11.9 Å². The minimum atomic E-state index is -0.577. The number of carbonyl (C=O) groups is 2. The highest BCUT2D eigenvalue weighted by Gasteiger charge is 2.14. The number of ether oxygens (including phenoxy) is 3. The maximum absolute atomic E-state index is 12.0. The Bertz CT molecular complexity index is 528. The molecule has 0 aromatic heterocycles. The van der Waals surface area contributed by atoms with Gasteiger partial charge >= 0.3 is 5.97 Å². The van der Waals surface area contributed by atoms with Crippen LogP contribution < -0.4 is 14.8 Å². The van der Waals surface area contributed by atoms with Gasteiger partial charge in [-0.3, -0.25) is 4.79 Å². The van der Waals surface area contributed by atoms with Crippen molar-refractivity contribution in [3.05, 3.63) is 23.8 Å². The molecule has 0 spiro atoms. The van der Waals surface area contributed by atoms with Crippen molar-refractivity contribution in [3.8, 4) is 11.5 Å². The van der Waals surface area contributed by atoms with Gasteiger partial charge in [-0.15, -0.1) is 0 Å². The van der Waals surface area contributed by atoms with Crippen molar-refractivity contribution in [1.82, 2.24) is 5.32 Å². The number of carbonyl (C=O) groups excluding carboxylic acids is 2.